The number of rotatable bonds is 30. The van der Waals surface area contributed by atoms with Gasteiger partial charge in [-0.25, -0.2) is 0 Å². The van der Waals surface area contributed by atoms with Gasteiger partial charge in [0.2, 0.25) is 0 Å². The topological polar surface area (TPSA) is 84.8 Å². The first-order chi connectivity index (χ1) is 64.3. The monoisotopic (exact) mass is 2010 g/mol. The Balaban J connectivity index is 0.000000145. The molecule has 764 valence electrons. The molecule has 138 heavy (non-hydrogen) atoms. The van der Waals surface area contributed by atoms with Crippen LogP contribution in [0.1, 0.15) is 509 Å². The zero-order valence-electron chi connectivity index (χ0n) is 93.0. The van der Waals surface area contributed by atoms with Gasteiger partial charge in [-0.3, -0.25) is 0 Å². The van der Waals surface area contributed by atoms with Crippen molar-refractivity contribution < 1.29 is 38.3 Å². The lowest BCUT2D eigenvalue weighted by atomic mass is 9.85. The second kappa shape index (κ2) is 45.0. The third-order valence-electron chi connectivity index (χ3n) is 31.3. The van der Waals surface area contributed by atoms with Crippen LogP contribution in [0.2, 0.25) is 0 Å². The van der Waals surface area contributed by atoms with Crippen molar-refractivity contribution in [3.05, 3.63) is 203 Å². The highest BCUT2D eigenvalue weighted by Crippen LogP contribution is 2.60. The molecule has 0 spiro atoms. The van der Waals surface area contributed by atoms with Crippen LogP contribution in [0.25, 0.3) is 0 Å². The van der Waals surface area contributed by atoms with E-state index in [0.29, 0.717) is 65.1 Å². The molecule has 0 aliphatic heterocycles. The second-order valence-electron chi connectivity index (χ2n) is 52.5. The van der Waals surface area contributed by atoms with Crippen LogP contribution >= 0.6 is 31.9 Å². The molecule has 11 saturated carbocycles. The molecule has 0 radical (unpaired) electrons. The van der Waals surface area contributed by atoms with Crippen LogP contribution in [0.4, 0.5) is 0 Å². The maximum absolute atomic E-state index is 11.0. The standard InChI is InChI=1S/3C20H30O.C19H28O2.C19H30O.2C15H21BrO/c3*1-13(15-9-10-15)17-7-6-8-18(14(2)16-11-12-16)19(17)21-20(3,4)5;1-17(2,3)21-16-14(18(4)11-12-18)7-6-8-15(16)19(5,20)13-9-10-13;1-7-13(2)16-9-8-10-17(14(3)15-11-12-15)18(16)20-19(4,5)6;2*1-10(11-8-9-11)12-6-5-7-13(16)14(12)17-15(2,3)4/h3*6-8,13-16H,9-12H2,1-5H3;6-8,13,20H,9-12H2,1-5H3;8-10,13-15H,7,11-12H2,1-6H3;2*5-7,10-11H,8-9H2,1-4H3/t13-,14+;2*13-,14-;;13?,14-;2*10-/m.10.110/s1. The number of hydrogen-bond acceptors (Lipinski definition) is 8. The van der Waals surface area contributed by atoms with Crippen LogP contribution in [-0.2, 0) is 11.0 Å². The number of para-hydroxylation sites is 7. The van der Waals surface area contributed by atoms with E-state index in [1.165, 1.54) is 207 Å². The van der Waals surface area contributed by atoms with E-state index in [2.05, 4.69) is 388 Å². The predicted molar refractivity (Wildman–Crippen MR) is 591 cm³/mol. The van der Waals surface area contributed by atoms with Crippen molar-refractivity contribution in [3.63, 3.8) is 0 Å². The largest absolute Gasteiger partial charge is 0.488 e. The summed E-state index contributed by atoms with van der Waals surface area (Å²) in [5.41, 5.74) is 14.8. The van der Waals surface area contributed by atoms with Gasteiger partial charge in [0.1, 0.15) is 79.5 Å². The van der Waals surface area contributed by atoms with E-state index in [-0.39, 0.29) is 44.6 Å². The number of halogens is 2. The quantitative estimate of drug-likeness (QED) is 0.0477. The summed E-state index contributed by atoms with van der Waals surface area (Å²) < 4.78 is 46.5. The lowest BCUT2D eigenvalue weighted by molar-refractivity contribution is 0.0253. The maximum atomic E-state index is 11.0. The van der Waals surface area contributed by atoms with E-state index in [4.69, 9.17) is 33.2 Å². The van der Waals surface area contributed by atoms with Crippen LogP contribution in [0.5, 0.6) is 40.2 Å². The van der Waals surface area contributed by atoms with Gasteiger partial charge in [-0.1, -0.05) is 198 Å². The highest BCUT2D eigenvalue weighted by Gasteiger charge is 2.49. The number of hydrogen-bond donors (Lipinski definition) is 1. The Morgan fingerprint density at radius 3 is 0.638 bits per heavy atom. The Morgan fingerprint density at radius 2 is 0.442 bits per heavy atom. The van der Waals surface area contributed by atoms with Crippen LogP contribution in [0, 0.1) is 59.2 Å². The van der Waals surface area contributed by atoms with Crippen molar-refractivity contribution in [2.75, 3.05) is 0 Å². The molecule has 0 aromatic heterocycles. The van der Waals surface area contributed by atoms with Gasteiger partial charge in [0.15, 0.2) is 0 Å². The van der Waals surface area contributed by atoms with Gasteiger partial charge in [-0.05, 0) is 523 Å². The molecular formula is C128H190Br2O8. The van der Waals surface area contributed by atoms with Crippen LogP contribution < -0.4 is 33.2 Å². The molecule has 7 aromatic carbocycles. The molecule has 1 N–H and O–H groups in total. The van der Waals surface area contributed by atoms with E-state index in [9.17, 15) is 5.11 Å². The number of aliphatic hydroxyl groups is 1. The summed E-state index contributed by atoms with van der Waals surface area (Å²) in [5.74, 6) is 22.1. The van der Waals surface area contributed by atoms with Gasteiger partial charge in [0, 0.05) is 11.1 Å². The zero-order chi connectivity index (χ0) is 101. The first-order valence-electron chi connectivity index (χ1n) is 55.1. The van der Waals surface area contributed by atoms with Gasteiger partial charge in [-0.15, -0.1) is 0 Å². The molecule has 0 bridgehead atoms. The lowest BCUT2D eigenvalue weighted by Crippen LogP contribution is -2.30. The predicted octanol–water partition coefficient (Wildman–Crippen LogP) is 38.4. The minimum Gasteiger partial charge on any atom is -0.488 e. The Hall–Kier alpha value is -5.94. The zero-order valence-corrected chi connectivity index (χ0v) is 96.2. The summed E-state index contributed by atoms with van der Waals surface area (Å²) in [6.07, 6.45) is 30.7. The molecule has 11 atom stereocenters. The van der Waals surface area contributed by atoms with E-state index in [1.807, 2.05) is 6.92 Å². The molecule has 0 amide bonds. The second-order valence-corrected chi connectivity index (χ2v) is 54.2. The Morgan fingerprint density at radius 1 is 0.261 bits per heavy atom. The molecule has 10 heteroatoms. The summed E-state index contributed by atoms with van der Waals surface area (Å²) in [5, 5.41) is 11.0. The Labute approximate surface area is 858 Å². The molecule has 0 heterocycles. The first kappa shape index (κ1) is 111. The van der Waals surface area contributed by atoms with Gasteiger partial charge in [0.05, 0.1) is 14.5 Å². The minimum atomic E-state index is -0.776. The van der Waals surface area contributed by atoms with Crippen molar-refractivity contribution in [1.29, 1.82) is 0 Å². The van der Waals surface area contributed by atoms with Crippen molar-refractivity contribution in [2.45, 2.75) is 492 Å². The average molecular weight is 2020 g/mol. The van der Waals surface area contributed by atoms with Gasteiger partial charge >= 0.3 is 0 Å². The fourth-order valence-electron chi connectivity index (χ4n) is 20.5. The summed E-state index contributed by atoms with van der Waals surface area (Å²) in [6.45, 7) is 74.8. The summed E-state index contributed by atoms with van der Waals surface area (Å²) in [4.78, 5) is 0. The van der Waals surface area contributed by atoms with Crippen molar-refractivity contribution in [2.24, 2.45) is 59.2 Å². The minimum absolute atomic E-state index is 0.128. The molecule has 7 aromatic rings. The number of benzene rings is 7. The molecule has 8 nitrogen and oxygen atoms in total. The molecule has 0 saturated heterocycles. The van der Waals surface area contributed by atoms with Crippen molar-refractivity contribution >= 4 is 31.9 Å². The summed E-state index contributed by atoms with van der Waals surface area (Å²) in [6, 6.07) is 46.3. The fourth-order valence-corrected chi connectivity index (χ4v) is 21.4. The highest BCUT2D eigenvalue weighted by molar-refractivity contribution is 9.11. The van der Waals surface area contributed by atoms with E-state index >= 15 is 0 Å². The Bertz CT molecular complexity index is 4670. The van der Waals surface area contributed by atoms with Crippen molar-refractivity contribution in [1.82, 2.24) is 0 Å². The Kier molecular flexibility index (Phi) is 36.1. The molecule has 11 aliphatic rings. The smallest absolute Gasteiger partial charge is 0.137 e. The number of ether oxygens (including phenoxy) is 7. The van der Waals surface area contributed by atoms with E-state index in [0.717, 1.165) is 110 Å². The maximum Gasteiger partial charge on any atom is 0.137 e. The van der Waals surface area contributed by atoms with Crippen LogP contribution in [-0.4, -0.2) is 44.3 Å². The molecule has 18 rings (SSSR count). The summed E-state index contributed by atoms with van der Waals surface area (Å²) >= 11 is 7.23. The molecule has 11 aliphatic carbocycles. The fraction of sp³-hybridized carbons (Fsp3) is 0.672. The van der Waals surface area contributed by atoms with Gasteiger partial charge < -0.3 is 38.3 Å². The van der Waals surface area contributed by atoms with Crippen LogP contribution in [0.15, 0.2) is 136 Å². The average Bonchev–Trinajstić information content (AvgIpc) is 1.59. The first-order valence-corrected chi connectivity index (χ1v) is 56.7. The normalized spacial score (nSPS) is 20.7. The molecule has 2 unspecified atom stereocenters. The van der Waals surface area contributed by atoms with E-state index < -0.39 is 5.60 Å². The van der Waals surface area contributed by atoms with Crippen molar-refractivity contribution in [3.8, 4) is 40.2 Å². The summed E-state index contributed by atoms with van der Waals surface area (Å²) in [7, 11) is 0. The third-order valence-corrected chi connectivity index (χ3v) is 32.5. The lowest BCUT2D eigenvalue weighted by Gasteiger charge is -2.32. The van der Waals surface area contributed by atoms with Crippen LogP contribution in [0.3, 0.4) is 0 Å². The molecule has 11 fully saturated rings. The van der Waals surface area contributed by atoms with Gasteiger partial charge in [-0.2, -0.15) is 0 Å². The van der Waals surface area contributed by atoms with E-state index in [1.54, 1.807) is 0 Å². The van der Waals surface area contributed by atoms with Gasteiger partial charge in [0.25, 0.3) is 0 Å². The highest BCUT2D eigenvalue weighted by atomic mass is 79.9. The SMILES string of the molecule is CC(C)(C)Oc1c(C2(C)CC2)cccc1C(C)(O)C1CC1.CCC(C)c1cccc([C@H](C)C2CC2)c1OC(C)(C)C.C[C@@H](c1cccc(Br)c1OC(C)(C)C)C1CC1.C[C@@H](c1cccc([C@H](C)C2CC2)c1OC(C)(C)C)C1CC1.C[C@H](c1cccc(Br)c1OC(C)(C)C)C1CC1.C[C@H](c1cccc([C@@H](C)C2CC2)c1OC(C)(C)C)C1CC1.C[C@H](c1cccc([C@H](C)C2CC2)c1OC(C)(C)C)C1CC1. The third kappa shape index (κ3) is 32.5. The molecular weight excluding hydrogens is 1830 g/mol.